The predicted molar refractivity (Wildman–Crippen MR) is 79.2 cm³/mol. The molecule has 0 aliphatic rings. The van der Waals surface area contributed by atoms with Crippen molar-refractivity contribution in [2.45, 2.75) is 25.2 Å². The van der Waals surface area contributed by atoms with Crippen LogP contribution in [0.1, 0.15) is 20.3 Å². The van der Waals surface area contributed by atoms with E-state index >= 15 is 0 Å². The van der Waals surface area contributed by atoms with Crippen molar-refractivity contribution < 1.29 is 4.79 Å². The topological polar surface area (TPSA) is 41.1 Å². The molecule has 0 atom stereocenters. The number of rotatable bonds is 7. The van der Waals surface area contributed by atoms with Gasteiger partial charge in [-0.15, -0.1) is 11.8 Å². The molecule has 1 aromatic rings. The lowest BCUT2D eigenvalue weighted by Crippen LogP contribution is -2.31. The van der Waals surface area contributed by atoms with Crippen LogP contribution in [0, 0.1) is 5.92 Å². The Morgan fingerprint density at radius 3 is 2.83 bits per heavy atom. The van der Waals surface area contributed by atoms with Crippen LogP contribution in [0.3, 0.4) is 0 Å². The van der Waals surface area contributed by atoms with Crippen LogP contribution in [0.4, 0.5) is 5.69 Å². The highest BCUT2D eigenvalue weighted by atomic mass is 32.2. The third-order valence-corrected chi connectivity index (χ3v) is 3.29. The van der Waals surface area contributed by atoms with E-state index in [-0.39, 0.29) is 5.91 Å². The number of anilines is 1. The van der Waals surface area contributed by atoms with Crippen LogP contribution in [-0.4, -0.2) is 25.3 Å². The number of carbonyl (C=O) groups excluding carboxylic acids is 1. The first-order valence-corrected chi connectivity index (χ1v) is 7.49. The van der Waals surface area contributed by atoms with Crippen molar-refractivity contribution in [1.82, 2.24) is 5.32 Å². The highest BCUT2D eigenvalue weighted by Gasteiger charge is 2.01. The number of amides is 1. The lowest BCUT2D eigenvalue weighted by atomic mass is 10.1. The second kappa shape index (κ2) is 8.03. The molecule has 0 aromatic heterocycles. The zero-order valence-corrected chi connectivity index (χ0v) is 12.1. The van der Waals surface area contributed by atoms with Gasteiger partial charge in [0.1, 0.15) is 0 Å². The van der Waals surface area contributed by atoms with Crippen LogP contribution in [0.2, 0.25) is 0 Å². The van der Waals surface area contributed by atoms with Gasteiger partial charge in [-0.3, -0.25) is 4.79 Å². The molecule has 0 heterocycles. The van der Waals surface area contributed by atoms with Crippen LogP contribution in [0.5, 0.6) is 0 Å². The SMILES string of the molecule is CSc1cccc(NCC(=O)NCCC(C)C)c1. The molecule has 0 saturated carbocycles. The summed E-state index contributed by atoms with van der Waals surface area (Å²) in [5.41, 5.74) is 0.987. The predicted octanol–water partition coefficient (Wildman–Crippen LogP) is 2.98. The van der Waals surface area contributed by atoms with Crippen molar-refractivity contribution in [3.8, 4) is 0 Å². The molecule has 0 fully saturated rings. The number of carbonyl (C=O) groups is 1. The quantitative estimate of drug-likeness (QED) is 0.745. The highest BCUT2D eigenvalue weighted by molar-refractivity contribution is 7.98. The van der Waals surface area contributed by atoms with Crippen LogP contribution >= 0.6 is 11.8 Å². The molecule has 0 aliphatic heterocycles. The van der Waals surface area contributed by atoms with E-state index in [2.05, 4.69) is 30.5 Å². The first kappa shape index (κ1) is 14.9. The molecule has 0 saturated heterocycles. The summed E-state index contributed by atoms with van der Waals surface area (Å²) in [6.45, 7) is 5.38. The summed E-state index contributed by atoms with van der Waals surface area (Å²) in [5, 5.41) is 6.04. The van der Waals surface area contributed by atoms with E-state index in [0.717, 1.165) is 18.7 Å². The molecule has 1 rings (SSSR count). The third-order valence-electron chi connectivity index (χ3n) is 2.57. The highest BCUT2D eigenvalue weighted by Crippen LogP contribution is 2.18. The number of benzene rings is 1. The van der Waals surface area contributed by atoms with Gasteiger partial charge >= 0.3 is 0 Å². The average molecular weight is 266 g/mol. The lowest BCUT2D eigenvalue weighted by molar-refractivity contribution is -0.119. The van der Waals surface area contributed by atoms with Crippen LogP contribution in [-0.2, 0) is 4.79 Å². The smallest absolute Gasteiger partial charge is 0.239 e. The molecular weight excluding hydrogens is 244 g/mol. The minimum absolute atomic E-state index is 0.0465. The number of hydrogen-bond acceptors (Lipinski definition) is 3. The summed E-state index contributed by atoms with van der Waals surface area (Å²) >= 11 is 1.69. The van der Waals surface area contributed by atoms with Gasteiger partial charge in [0.25, 0.3) is 0 Å². The van der Waals surface area contributed by atoms with Crippen LogP contribution in [0.25, 0.3) is 0 Å². The molecular formula is C14H22N2OS. The largest absolute Gasteiger partial charge is 0.376 e. The van der Waals surface area contributed by atoms with Gasteiger partial charge in [-0.05, 0) is 36.8 Å². The van der Waals surface area contributed by atoms with Crippen molar-refractivity contribution in [2.75, 3.05) is 24.7 Å². The molecule has 0 aliphatic carbocycles. The maximum atomic E-state index is 11.6. The van der Waals surface area contributed by atoms with Gasteiger partial charge in [0.05, 0.1) is 6.54 Å². The minimum Gasteiger partial charge on any atom is -0.376 e. The molecule has 18 heavy (non-hydrogen) atoms. The van der Waals surface area contributed by atoms with E-state index in [4.69, 9.17) is 0 Å². The van der Waals surface area contributed by atoms with Gasteiger partial charge in [-0.1, -0.05) is 19.9 Å². The molecule has 1 aromatic carbocycles. The van der Waals surface area contributed by atoms with Gasteiger partial charge < -0.3 is 10.6 Å². The van der Waals surface area contributed by atoms with E-state index in [0.29, 0.717) is 12.5 Å². The monoisotopic (exact) mass is 266 g/mol. The van der Waals surface area contributed by atoms with Crippen molar-refractivity contribution in [3.05, 3.63) is 24.3 Å². The van der Waals surface area contributed by atoms with Crippen LogP contribution in [0.15, 0.2) is 29.2 Å². The molecule has 0 bridgehead atoms. The van der Waals surface area contributed by atoms with Gasteiger partial charge in [0, 0.05) is 17.1 Å². The van der Waals surface area contributed by atoms with Gasteiger partial charge in [-0.2, -0.15) is 0 Å². The summed E-state index contributed by atoms with van der Waals surface area (Å²) in [6.07, 6.45) is 3.06. The number of hydrogen-bond donors (Lipinski definition) is 2. The Kier molecular flexibility index (Phi) is 6.65. The second-order valence-electron chi connectivity index (χ2n) is 4.62. The second-order valence-corrected chi connectivity index (χ2v) is 5.50. The Morgan fingerprint density at radius 2 is 2.17 bits per heavy atom. The van der Waals surface area contributed by atoms with E-state index < -0.39 is 0 Å². The molecule has 0 unspecified atom stereocenters. The fourth-order valence-electron chi connectivity index (χ4n) is 1.48. The van der Waals surface area contributed by atoms with Crippen molar-refractivity contribution in [1.29, 1.82) is 0 Å². The summed E-state index contributed by atoms with van der Waals surface area (Å²) in [5.74, 6) is 0.668. The lowest BCUT2D eigenvalue weighted by Gasteiger charge is -2.09. The summed E-state index contributed by atoms with van der Waals surface area (Å²) in [6, 6.07) is 8.07. The number of nitrogens with one attached hydrogen (secondary N) is 2. The fourth-order valence-corrected chi connectivity index (χ4v) is 1.94. The third kappa shape index (κ3) is 5.96. The fraction of sp³-hybridized carbons (Fsp3) is 0.500. The Bertz CT molecular complexity index is 380. The first-order chi connectivity index (χ1) is 8.61. The van der Waals surface area contributed by atoms with E-state index in [9.17, 15) is 4.79 Å². The normalized spacial score (nSPS) is 10.4. The van der Waals surface area contributed by atoms with E-state index in [1.807, 2.05) is 24.5 Å². The van der Waals surface area contributed by atoms with E-state index in [1.54, 1.807) is 11.8 Å². The molecule has 100 valence electrons. The Labute approximate surface area is 114 Å². The van der Waals surface area contributed by atoms with E-state index in [1.165, 1.54) is 4.90 Å². The van der Waals surface area contributed by atoms with Crippen molar-refractivity contribution in [3.63, 3.8) is 0 Å². The summed E-state index contributed by atoms with van der Waals surface area (Å²) < 4.78 is 0. The van der Waals surface area contributed by atoms with Gasteiger partial charge in [0.2, 0.25) is 5.91 Å². The average Bonchev–Trinajstić information content (AvgIpc) is 2.36. The van der Waals surface area contributed by atoms with Gasteiger partial charge in [0.15, 0.2) is 0 Å². The zero-order valence-electron chi connectivity index (χ0n) is 11.3. The number of thioether (sulfide) groups is 1. The Morgan fingerprint density at radius 1 is 1.39 bits per heavy atom. The molecule has 2 N–H and O–H groups in total. The van der Waals surface area contributed by atoms with Crippen molar-refractivity contribution in [2.24, 2.45) is 5.92 Å². The van der Waals surface area contributed by atoms with Gasteiger partial charge in [-0.25, -0.2) is 0 Å². The zero-order chi connectivity index (χ0) is 13.4. The summed E-state index contributed by atoms with van der Waals surface area (Å²) in [7, 11) is 0. The Balaban J connectivity index is 2.29. The first-order valence-electron chi connectivity index (χ1n) is 6.26. The Hall–Kier alpha value is -1.16. The standard InChI is InChI=1S/C14H22N2OS/c1-11(2)7-8-15-14(17)10-16-12-5-4-6-13(9-12)18-3/h4-6,9,11,16H,7-8,10H2,1-3H3,(H,15,17). The molecule has 0 radical (unpaired) electrons. The molecule has 3 nitrogen and oxygen atoms in total. The van der Waals surface area contributed by atoms with Crippen molar-refractivity contribution >= 4 is 23.4 Å². The minimum atomic E-state index is 0.0465. The molecule has 1 amide bonds. The molecule has 4 heteroatoms. The maximum Gasteiger partial charge on any atom is 0.239 e. The van der Waals surface area contributed by atoms with Crippen LogP contribution < -0.4 is 10.6 Å². The maximum absolute atomic E-state index is 11.6. The summed E-state index contributed by atoms with van der Waals surface area (Å²) in [4.78, 5) is 12.8. The molecule has 0 spiro atoms.